The Labute approximate surface area is 314 Å². The van der Waals surface area contributed by atoms with Crippen LogP contribution in [-0.2, 0) is 5.41 Å². The number of rotatable bonds is 3. The topological polar surface area (TPSA) is 3.24 Å². The van der Waals surface area contributed by atoms with Gasteiger partial charge in [-0.3, -0.25) is 0 Å². The summed E-state index contributed by atoms with van der Waals surface area (Å²) < 4.78 is 0. The molecule has 0 saturated heterocycles. The predicted molar refractivity (Wildman–Crippen MR) is 227 cm³/mol. The molecule has 2 aliphatic rings. The lowest BCUT2D eigenvalue weighted by molar-refractivity contribution is 0.794. The minimum absolute atomic E-state index is 0.370. The van der Waals surface area contributed by atoms with E-state index in [9.17, 15) is 0 Å². The van der Waals surface area contributed by atoms with Gasteiger partial charge in [-0.05, 0) is 113 Å². The highest BCUT2D eigenvalue weighted by Crippen LogP contribution is 2.63. The molecule has 10 aromatic rings. The lowest BCUT2D eigenvalue weighted by atomic mass is 9.70. The SMILES string of the molecule is c1ccc2c(c1)-c1ccccc1C21c2ccccc2-c2cc(N(c3ccc4c5ccccc5c5ccccc5c4c3)c3cccc4ccccc34)ccc21. The van der Waals surface area contributed by atoms with Gasteiger partial charge in [-0.15, -0.1) is 0 Å². The van der Waals surface area contributed by atoms with Crippen LogP contribution < -0.4 is 4.90 Å². The van der Waals surface area contributed by atoms with Gasteiger partial charge in [-0.25, -0.2) is 0 Å². The Kier molecular flexibility index (Phi) is 6.04. The molecule has 10 aromatic carbocycles. The lowest BCUT2D eigenvalue weighted by Gasteiger charge is -2.31. The first-order valence-corrected chi connectivity index (χ1v) is 18.9. The highest BCUT2D eigenvalue weighted by molar-refractivity contribution is 6.26. The van der Waals surface area contributed by atoms with Crippen molar-refractivity contribution in [2.75, 3.05) is 4.90 Å². The largest absolute Gasteiger partial charge is 0.310 e. The van der Waals surface area contributed by atoms with E-state index in [4.69, 9.17) is 0 Å². The maximum absolute atomic E-state index is 2.48. The summed E-state index contributed by atoms with van der Waals surface area (Å²) in [6.45, 7) is 0. The number of fused-ring (bicyclic) bond motifs is 17. The number of benzene rings is 10. The normalized spacial score (nSPS) is 13.3. The summed E-state index contributed by atoms with van der Waals surface area (Å²) >= 11 is 0. The maximum atomic E-state index is 2.48. The summed E-state index contributed by atoms with van der Waals surface area (Å²) in [7, 11) is 0. The number of hydrogen-bond donors (Lipinski definition) is 0. The molecule has 1 nitrogen and oxygen atoms in total. The predicted octanol–water partition coefficient (Wildman–Crippen LogP) is 14.1. The molecule has 0 radical (unpaired) electrons. The Bertz CT molecular complexity index is 3100. The van der Waals surface area contributed by atoms with Crippen LogP contribution in [-0.4, -0.2) is 0 Å². The Hall–Kier alpha value is -6.96. The van der Waals surface area contributed by atoms with Crippen LogP contribution in [0.2, 0.25) is 0 Å². The van der Waals surface area contributed by atoms with Crippen molar-refractivity contribution in [1.29, 1.82) is 0 Å². The van der Waals surface area contributed by atoms with Crippen LogP contribution in [0.5, 0.6) is 0 Å². The second-order valence-electron chi connectivity index (χ2n) is 14.8. The van der Waals surface area contributed by atoms with Crippen molar-refractivity contribution in [3.63, 3.8) is 0 Å². The molecular formula is C53H33N. The molecule has 0 fully saturated rings. The van der Waals surface area contributed by atoms with Gasteiger partial charge in [-0.2, -0.15) is 0 Å². The molecule has 0 bridgehead atoms. The number of hydrogen-bond acceptors (Lipinski definition) is 1. The van der Waals surface area contributed by atoms with E-state index >= 15 is 0 Å². The van der Waals surface area contributed by atoms with Crippen LogP contribution in [0.1, 0.15) is 22.3 Å². The van der Waals surface area contributed by atoms with Crippen LogP contribution in [0.25, 0.3) is 65.3 Å². The first kappa shape index (κ1) is 29.6. The molecule has 0 aromatic heterocycles. The van der Waals surface area contributed by atoms with E-state index in [0.29, 0.717) is 0 Å². The zero-order valence-corrected chi connectivity index (χ0v) is 29.5. The Morgan fingerprint density at radius 2 is 0.704 bits per heavy atom. The van der Waals surface area contributed by atoms with Gasteiger partial charge >= 0.3 is 0 Å². The minimum Gasteiger partial charge on any atom is -0.310 e. The average Bonchev–Trinajstić information content (AvgIpc) is 3.71. The van der Waals surface area contributed by atoms with Crippen molar-refractivity contribution in [2.24, 2.45) is 0 Å². The number of anilines is 3. The van der Waals surface area contributed by atoms with E-state index in [0.717, 1.165) is 17.1 Å². The zero-order chi connectivity index (χ0) is 35.4. The van der Waals surface area contributed by atoms with Crippen LogP contribution in [0.4, 0.5) is 17.1 Å². The molecule has 2 aliphatic carbocycles. The first-order chi connectivity index (χ1) is 26.8. The fourth-order valence-electron chi connectivity index (χ4n) is 10.1. The molecule has 0 heterocycles. The average molecular weight is 684 g/mol. The summed E-state index contributed by atoms with van der Waals surface area (Å²) in [5.74, 6) is 0. The van der Waals surface area contributed by atoms with Gasteiger partial charge in [0.2, 0.25) is 0 Å². The van der Waals surface area contributed by atoms with Crippen LogP contribution in [0.15, 0.2) is 200 Å². The van der Waals surface area contributed by atoms with E-state index in [1.807, 2.05) is 0 Å². The van der Waals surface area contributed by atoms with Crippen LogP contribution in [0, 0.1) is 0 Å². The third-order valence-corrected chi connectivity index (χ3v) is 12.2. The van der Waals surface area contributed by atoms with Gasteiger partial charge in [-0.1, -0.05) is 170 Å². The summed E-state index contributed by atoms with van der Waals surface area (Å²) in [5.41, 5.74) is 13.7. The van der Waals surface area contributed by atoms with E-state index in [1.165, 1.54) is 87.6 Å². The Morgan fingerprint density at radius 3 is 1.33 bits per heavy atom. The van der Waals surface area contributed by atoms with E-state index in [2.05, 4.69) is 205 Å². The molecule has 54 heavy (non-hydrogen) atoms. The smallest absolute Gasteiger partial charge is 0.0725 e. The fraction of sp³-hybridized carbons (Fsp3) is 0.0189. The van der Waals surface area contributed by atoms with Crippen molar-refractivity contribution in [1.82, 2.24) is 0 Å². The van der Waals surface area contributed by atoms with Gasteiger partial charge < -0.3 is 4.90 Å². The van der Waals surface area contributed by atoms with E-state index in [-0.39, 0.29) is 5.41 Å². The highest BCUT2D eigenvalue weighted by atomic mass is 15.1. The Balaban J connectivity index is 1.15. The third kappa shape index (κ3) is 3.83. The summed E-state index contributed by atoms with van der Waals surface area (Å²) in [6, 6.07) is 74.6. The molecule has 12 rings (SSSR count). The standard InChI is InChI=1S/C53H33N/c1-2-16-37-34(14-1)15-13-27-52(37)54(35-28-30-42-40-19-4-3-17-38(40)39-18-5-6-20-41(39)46(42)32-35)36-29-31-51-47(33-36)45-23-9-12-26-50(45)53(51)48-24-10-7-21-43(48)44-22-8-11-25-49(44)53/h1-33H. The lowest BCUT2D eigenvalue weighted by Crippen LogP contribution is -2.25. The molecular weight excluding hydrogens is 651 g/mol. The summed E-state index contributed by atoms with van der Waals surface area (Å²) in [4.78, 5) is 2.48. The van der Waals surface area contributed by atoms with Crippen molar-refractivity contribution in [3.8, 4) is 22.3 Å². The van der Waals surface area contributed by atoms with E-state index < -0.39 is 0 Å². The molecule has 1 spiro atoms. The number of nitrogens with zero attached hydrogens (tertiary/aromatic N) is 1. The quantitative estimate of drug-likeness (QED) is 0.168. The second-order valence-corrected chi connectivity index (χ2v) is 14.8. The van der Waals surface area contributed by atoms with Gasteiger partial charge in [0.15, 0.2) is 0 Å². The molecule has 250 valence electrons. The van der Waals surface area contributed by atoms with Crippen molar-refractivity contribution >= 4 is 60.2 Å². The van der Waals surface area contributed by atoms with Crippen molar-refractivity contribution < 1.29 is 0 Å². The second kappa shape index (κ2) is 11.0. The van der Waals surface area contributed by atoms with Crippen LogP contribution >= 0.6 is 0 Å². The molecule has 0 unspecified atom stereocenters. The maximum Gasteiger partial charge on any atom is 0.0725 e. The monoisotopic (exact) mass is 683 g/mol. The summed E-state index contributed by atoms with van der Waals surface area (Å²) in [5, 5.41) is 10.1. The summed E-state index contributed by atoms with van der Waals surface area (Å²) in [6.07, 6.45) is 0. The third-order valence-electron chi connectivity index (χ3n) is 12.2. The Morgan fingerprint density at radius 1 is 0.278 bits per heavy atom. The van der Waals surface area contributed by atoms with Crippen molar-refractivity contribution in [2.45, 2.75) is 5.41 Å². The molecule has 0 saturated carbocycles. The fourth-order valence-corrected chi connectivity index (χ4v) is 10.1. The molecule has 0 N–H and O–H groups in total. The first-order valence-electron chi connectivity index (χ1n) is 18.9. The molecule has 1 heteroatoms. The van der Waals surface area contributed by atoms with Gasteiger partial charge in [0.05, 0.1) is 11.1 Å². The minimum atomic E-state index is -0.370. The van der Waals surface area contributed by atoms with Gasteiger partial charge in [0.25, 0.3) is 0 Å². The van der Waals surface area contributed by atoms with E-state index in [1.54, 1.807) is 0 Å². The molecule has 0 aliphatic heterocycles. The zero-order valence-electron chi connectivity index (χ0n) is 29.5. The van der Waals surface area contributed by atoms with Crippen molar-refractivity contribution in [3.05, 3.63) is 222 Å². The van der Waals surface area contributed by atoms with Gasteiger partial charge in [0, 0.05) is 16.8 Å². The van der Waals surface area contributed by atoms with Gasteiger partial charge in [0.1, 0.15) is 0 Å². The highest BCUT2D eigenvalue weighted by Gasteiger charge is 2.51. The van der Waals surface area contributed by atoms with Crippen LogP contribution in [0.3, 0.4) is 0 Å². The molecule has 0 amide bonds. The molecule has 0 atom stereocenters.